The van der Waals surface area contributed by atoms with Gasteiger partial charge in [-0.1, -0.05) is 58.0 Å². The van der Waals surface area contributed by atoms with Crippen LogP contribution in [0.3, 0.4) is 0 Å². The third-order valence-corrected chi connectivity index (χ3v) is 3.44. The summed E-state index contributed by atoms with van der Waals surface area (Å²) in [7, 11) is 0. The van der Waals surface area contributed by atoms with Crippen molar-refractivity contribution in [1.29, 1.82) is 0 Å². The van der Waals surface area contributed by atoms with Gasteiger partial charge < -0.3 is 5.11 Å². The lowest BCUT2D eigenvalue weighted by Crippen LogP contribution is -1.78. The average Bonchev–Trinajstić information content (AvgIpc) is 2.24. The van der Waals surface area contributed by atoms with Crippen molar-refractivity contribution in [3.05, 3.63) is 25.1 Å². The Morgan fingerprint density at radius 2 is 0.929 bits per heavy atom. The fourth-order valence-electron chi connectivity index (χ4n) is 0.593. The van der Waals surface area contributed by atoms with Crippen molar-refractivity contribution >= 4 is 70.6 Å². The smallest absolute Gasteiger partial charge is 0.155 e. The van der Waals surface area contributed by atoms with Gasteiger partial charge in [0.15, 0.2) is 5.75 Å². The van der Waals surface area contributed by atoms with E-state index in [0.717, 1.165) is 0 Å². The summed E-state index contributed by atoms with van der Waals surface area (Å²) in [4.78, 5) is 0. The maximum absolute atomic E-state index is 9.20. The van der Waals surface area contributed by atoms with Crippen LogP contribution in [0.25, 0.3) is 0 Å². The summed E-state index contributed by atoms with van der Waals surface area (Å²) in [5.74, 6) is -0.363. The van der Waals surface area contributed by atoms with E-state index >= 15 is 0 Å². The van der Waals surface area contributed by atoms with Gasteiger partial charge in [-0.3, -0.25) is 0 Å². The molecule has 1 aromatic rings. The number of halogens is 5. The van der Waals surface area contributed by atoms with Gasteiger partial charge in [-0.15, -0.1) is 0 Å². The van der Waals surface area contributed by atoms with Gasteiger partial charge in [0.1, 0.15) is 10.0 Å². The molecular weight excluding hydrogens is 309 g/mol. The number of benzene rings is 1. The molecule has 0 aliphatic carbocycles. The van der Waals surface area contributed by atoms with Crippen LogP contribution in [0.5, 0.6) is 5.75 Å². The van der Waals surface area contributed by atoms with Gasteiger partial charge in [-0.25, -0.2) is 0 Å². The van der Waals surface area contributed by atoms with Crippen molar-refractivity contribution in [1.82, 2.24) is 0 Å². The fourth-order valence-corrected chi connectivity index (χ4v) is 1.72. The van der Waals surface area contributed by atoms with Crippen LogP contribution in [-0.4, -0.2) is 11.4 Å². The monoisotopic (exact) mass is 312 g/mol. The molecule has 0 heterocycles. The van der Waals surface area contributed by atoms with Crippen LogP contribution in [-0.2, 0) is 0 Å². The number of hydrogen-bond acceptors (Lipinski definition) is 2. The molecule has 0 amide bonds. The lowest BCUT2D eigenvalue weighted by molar-refractivity contribution is 0.476. The second-order valence-corrected chi connectivity index (χ2v) is 3.81. The molecule has 1 rings (SSSR count). The van der Waals surface area contributed by atoms with Crippen molar-refractivity contribution in [3.63, 3.8) is 0 Å². The molecular formula is C7H5Cl5OS. The van der Waals surface area contributed by atoms with E-state index in [0.29, 0.717) is 0 Å². The molecule has 0 fully saturated rings. The Labute approximate surface area is 112 Å². The van der Waals surface area contributed by atoms with Crippen LogP contribution in [0.2, 0.25) is 25.1 Å². The number of hydrogen-bond donors (Lipinski definition) is 2. The van der Waals surface area contributed by atoms with Gasteiger partial charge in [0.05, 0.1) is 15.1 Å². The maximum Gasteiger partial charge on any atom is 0.155 e. The van der Waals surface area contributed by atoms with Crippen LogP contribution >= 0.6 is 70.6 Å². The second kappa shape index (κ2) is 6.41. The van der Waals surface area contributed by atoms with E-state index in [1.54, 1.807) is 6.26 Å². The summed E-state index contributed by atoms with van der Waals surface area (Å²) >= 11 is 31.4. The van der Waals surface area contributed by atoms with Crippen molar-refractivity contribution in [2.24, 2.45) is 0 Å². The Bertz CT molecular complexity index is 236. The Morgan fingerprint density at radius 3 is 1.21 bits per heavy atom. The van der Waals surface area contributed by atoms with E-state index in [2.05, 4.69) is 12.6 Å². The van der Waals surface area contributed by atoms with Gasteiger partial charge >= 0.3 is 0 Å². The standard InChI is InChI=1S/C6HCl5O.CH4S/c7-1-2(8)4(10)6(12)5(11)3(1)9;1-2/h12H;2H,1H3. The Kier molecular flexibility index (Phi) is 6.79. The number of phenols is 1. The predicted octanol–water partition coefficient (Wildman–Crippen LogP) is 5.21. The lowest BCUT2D eigenvalue weighted by Gasteiger charge is -2.06. The molecule has 1 nitrogen and oxygen atoms in total. The lowest BCUT2D eigenvalue weighted by atomic mass is 10.3. The molecule has 0 unspecified atom stereocenters. The van der Waals surface area contributed by atoms with Gasteiger partial charge in [-0.2, -0.15) is 12.6 Å². The summed E-state index contributed by atoms with van der Waals surface area (Å²) in [6.07, 6.45) is 1.69. The quantitative estimate of drug-likeness (QED) is 0.383. The molecule has 0 atom stereocenters. The molecule has 1 N–H and O–H groups in total. The average molecular weight is 314 g/mol. The number of phenolic OH excluding ortho intramolecular Hbond substituents is 1. The third-order valence-electron chi connectivity index (χ3n) is 1.19. The molecule has 0 saturated carbocycles. The van der Waals surface area contributed by atoms with Crippen molar-refractivity contribution in [2.75, 3.05) is 6.26 Å². The number of rotatable bonds is 0. The van der Waals surface area contributed by atoms with Crippen LogP contribution < -0.4 is 0 Å². The van der Waals surface area contributed by atoms with Crippen molar-refractivity contribution in [2.45, 2.75) is 0 Å². The molecule has 0 aliphatic rings. The maximum atomic E-state index is 9.20. The first-order valence-corrected chi connectivity index (χ1v) is 5.90. The molecule has 1 aromatic carbocycles. The molecule has 7 heteroatoms. The van der Waals surface area contributed by atoms with Crippen LogP contribution in [0.15, 0.2) is 0 Å². The highest BCUT2D eigenvalue weighted by Gasteiger charge is 2.17. The highest BCUT2D eigenvalue weighted by molar-refractivity contribution is 7.79. The minimum atomic E-state index is -0.363. The topological polar surface area (TPSA) is 20.2 Å². The van der Waals surface area contributed by atoms with E-state index in [4.69, 9.17) is 58.0 Å². The highest BCUT2D eigenvalue weighted by Crippen LogP contribution is 2.47. The highest BCUT2D eigenvalue weighted by atomic mass is 35.5. The zero-order valence-corrected chi connectivity index (χ0v) is 11.5. The first-order valence-electron chi connectivity index (χ1n) is 3.12. The van der Waals surface area contributed by atoms with Gasteiger partial charge in [0.2, 0.25) is 0 Å². The summed E-state index contributed by atoms with van der Waals surface area (Å²) in [5, 5.41) is 9.01. The molecule has 0 aliphatic heterocycles. The Balaban J connectivity index is 0.000000791. The van der Waals surface area contributed by atoms with Gasteiger partial charge in [0.25, 0.3) is 0 Å². The zero-order valence-electron chi connectivity index (χ0n) is 6.78. The summed E-state index contributed by atoms with van der Waals surface area (Å²) < 4.78 is 0. The Hall–Kier alpha value is 0.820. The van der Waals surface area contributed by atoms with E-state index in [1.807, 2.05) is 0 Å². The summed E-state index contributed by atoms with van der Waals surface area (Å²) in [6.45, 7) is 0. The third kappa shape index (κ3) is 2.91. The van der Waals surface area contributed by atoms with Crippen LogP contribution in [0.4, 0.5) is 0 Å². The van der Waals surface area contributed by atoms with Crippen molar-refractivity contribution in [3.8, 4) is 5.75 Å². The second-order valence-electron chi connectivity index (χ2n) is 1.92. The molecule has 0 bridgehead atoms. The minimum absolute atomic E-state index is 0.00904. The molecule has 0 radical (unpaired) electrons. The molecule has 0 spiro atoms. The van der Waals surface area contributed by atoms with E-state index in [9.17, 15) is 5.11 Å². The van der Waals surface area contributed by atoms with Crippen LogP contribution in [0, 0.1) is 0 Å². The van der Waals surface area contributed by atoms with Gasteiger partial charge in [-0.05, 0) is 6.26 Å². The molecule has 14 heavy (non-hydrogen) atoms. The van der Waals surface area contributed by atoms with Crippen molar-refractivity contribution < 1.29 is 5.11 Å². The summed E-state index contributed by atoms with van der Waals surface area (Å²) in [5.41, 5.74) is 0. The first-order chi connectivity index (χ1) is 6.46. The largest absolute Gasteiger partial charge is 0.505 e. The Morgan fingerprint density at radius 1 is 0.714 bits per heavy atom. The van der Waals surface area contributed by atoms with E-state index < -0.39 is 0 Å². The normalized spacial score (nSPS) is 9.36. The van der Waals surface area contributed by atoms with Crippen LogP contribution in [0.1, 0.15) is 0 Å². The molecule has 80 valence electrons. The predicted molar refractivity (Wildman–Crippen MR) is 68.1 cm³/mol. The minimum Gasteiger partial charge on any atom is -0.505 e. The number of aromatic hydroxyl groups is 1. The molecule has 0 aromatic heterocycles. The van der Waals surface area contributed by atoms with E-state index in [1.165, 1.54) is 0 Å². The SMILES string of the molecule is CS.Oc1c(Cl)c(Cl)c(Cl)c(Cl)c1Cl. The molecule has 0 saturated heterocycles. The zero-order chi connectivity index (χ0) is 11.5. The fraction of sp³-hybridized carbons (Fsp3) is 0.143. The van der Waals surface area contributed by atoms with E-state index in [-0.39, 0.29) is 30.9 Å². The summed E-state index contributed by atoms with van der Waals surface area (Å²) in [6, 6.07) is 0. The first kappa shape index (κ1) is 14.8. The number of thiol groups is 1. The van der Waals surface area contributed by atoms with Gasteiger partial charge in [0, 0.05) is 0 Å².